The summed E-state index contributed by atoms with van der Waals surface area (Å²) in [6.07, 6.45) is 7.55. The lowest BCUT2D eigenvalue weighted by Gasteiger charge is -2.31. The van der Waals surface area contributed by atoms with Crippen LogP contribution in [0.4, 0.5) is 0 Å². The van der Waals surface area contributed by atoms with Crippen LogP contribution in [0, 0.1) is 12.8 Å². The van der Waals surface area contributed by atoms with E-state index >= 15 is 0 Å². The van der Waals surface area contributed by atoms with Gasteiger partial charge in [-0.3, -0.25) is 14.9 Å². The summed E-state index contributed by atoms with van der Waals surface area (Å²) in [4.78, 5) is 15.3. The molecule has 1 aliphatic heterocycles. The Bertz CT molecular complexity index is 582. The SMILES string of the molecule is Cc1nccnc1OCC1CCN(Cc2ccccn2)CC1. The zero-order chi connectivity index (χ0) is 15.2. The second-order valence-electron chi connectivity index (χ2n) is 5.80. The summed E-state index contributed by atoms with van der Waals surface area (Å²) < 4.78 is 5.83. The summed E-state index contributed by atoms with van der Waals surface area (Å²) in [5, 5.41) is 0. The third-order valence-electron chi connectivity index (χ3n) is 4.11. The van der Waals surface area contributed by atoms with Crippen molar-refractivity contribution in [2.75, 3.05) is 19.7 Å². The highest BCUT2D eigenvalue weighted by atomic mass is 16.5. The zero-order valence-electron chi connectivity index (χ0n) is 13.0. The van der Waals surface area contributed by atoms with Crippen molar-refractivity contribution in [1.29, 1.82) is 0 Å². The van der Waals surface area contributed by atoms with Crippen LogP contribution >= 0.6 is 0 Å². The van der Waals surface area contributed by atoms with Crippen LogP contribution in [0.5, 0.6) is 5.88 Å². The number of aryl methyl sites for hydroxylation is 1. The molecular formula is C17H22N4O. The van der Waals surface area contributed by atoms with Gasteiger partial charge in [0.15, 0.2) is 0 Å². The Morgan fingerprint density at radius 3 is 2.64 bits per heavy atom. The molecule has 116 valence electrons. The highest BCUT2D eigenvalue weighted by Crippen LogP contribution is 2.20. The van der Waals surface area contributed by atoms with E-state index in [9.17, 15) is 0 Å². The first-order chi connectivity index (χ1) is 10.8. The molecular weight excluding hydrogens is 276 g/mol. The Balaban J connectivity index is 1.43. The molecule has 2 aromatic heterocycles. The van der Waals surface area contributed by atoms with Gasteiger partial charge in [-0.2, -0.15) is 0 Å². The smallest absolute Gasteiger partial charge is 0.235 e. The number of hydrogen-bond donors (Lipinski definition) is 0. The van der Waals surface area contributed by atoms with E-state index in [-0.39, 0.29) is 0 Å². The Kier molecular flexibility index (Phi) is 4.96. The van der Waals surface area contributed by atoms with Crippen molar-refractivity contribution in [2.24, 2.45) is 5.92 Å². The molecule has 2 aromatic rings. The van der Waals surface area contributed by atoms with E-state index < -0.39 is 0 Å². The van der Waals surface area contributed by atoms with Gasteiger partial charge in [-0.25, -0.2) is 4.98 Å². The van der Waals surface area contributed by atoms with Gasteiger partial charge >= 0.3 is 0 Å². The van der Waals surface area contributed by atoms with Gasteiger partial charge < -0.3 is 4.74 Å². The quantitative estimate of drug-likeness (QED) is 0.849. The van der Waals surface area contributed by atoms with Gasteiger partial charge in [-0.1, -0.05) is 6.07 Å². The highest BCUT2D eigenvalue weighted by Gasteiger charge is 2.20. The molecule has 0 N–H and O–H groups in total. The first kappa shape index (κ1) is 14.9. The summed E-state index contributed by atoms with van der Waals surface area (Å²) in [5.74, 6) is 1.26. The fraction of sp³-hybridized carbons (Fsp3) is 0.471. The van der Waals surface area contributed by atoms with E-state index in [1.54, 1.807) is 12.4 Å². The maximum atomic E-state index is 5.83. The fourth-order valence-electron chi connectivity index (χ4n) is 2.77. The fourth-order valence-corrected chi connectivity index (χ4v) is 2.77. The second kappa shape index (κ2) is 7.31. The molecule has 3 rings (SSSR count). The van der Waals surface area contributed by atoms with Crippen LogP contribution in [0.2, 0.25) is 0 Å². The van der Waals surface area contributed by atoms with E-state index in [2.05, 4.69) is 25.9 Å². The predicted octanol–water partition coefficient (Wildman–Crippen LogP) is 2.47. The molecule has 5 nitrogen and oxygen atoms in total. The van der Waals surface area contributed by atoms with Crippen molar-refractivity contribution in [2.45, 2.75) is 26.3 Å². The standard InChI is InChI=1S/C17H22N4O/c1-14-17(20-9-8-18-14)22-13-15-5-10-21(11-6-15)12-16-4-2-3-7-19-16/h2-4,7-9,15H,5-6,10-13H2,1H3. The van der Waals surface area contributed by atoms with Gasteiger partial charge in [-0.05, 0) is 50.9 Å². The van der Waals surface area contributed by atoms with E-state index in [0.717, 1.165) is 50.5 Å². The van der Waals surface area contributed by atoms with Crippen LogP contribution < -0.4 is 4.74 Å². The number of piperidine rings is 1. The predicted molar refractivity (Wildman–Crippen MR) is 84.5 cm³/mol. The number of nitrogens with zero attached hydrogens (tertiary/aromatic N) is 4. The minimum Gasteiger partial charge on any atom is -0.476 e. The Morgan fingerprint density at radius 1 is 1.09 bits per heavy atom. The van der Waals surface area contributed by atoms with Crippen molar-refractivity contribution in [3.63, 3.8) is 0 Å². The summed E-state index contributed by atoms with van der Waals surface area (Å²) in [7, 11) is 0. The molecule has 0 spiro atoms. The molecule has 0 aromatic carbocycles. The lowest BCUT2D eigenvalue weighted by Crippen LogP contribution is -2.35. The van der Waals surface area contributed by atoms with E-state index in [1.807, 2.05) is 25.3 Å². The molecule has 22 heavy (non-hydrogen) atoms. The second-order valence-corrected chi connectivity index (χ2v) is 5.80. The van der Waals surface area contributed by atoms with Crippen LogP contribution in [-0.4, -0.2) is 39.5 Å². The van der Waals surface area contributed by atoms with Gasteiger partial charge in [0.1, 0.15) is 0 Å². The minimum absolute atomic E-state index is 0.599. The number of hydrogen-bond acceptors (Lipinski definition) is 5. The highest BCUT2D eigenvalue weighted by molar-refractivity contribution is 5.14. The third kappa shape index (κ3) is 4.01. The molecule has 1 fully saturated rings. The van der Waals surface area contributed by atoms with Crippen LogP contribution in [0.1, 0.15) is 24.2 Å². The van der Waals surface area contributed by atoms with E-state index in [4.69, 9.17) is 4.74 Å². The molecule has 3 heterocycles. The number of ether oxygens (including phenoxy) is 1. The van der Waals surface area contributed by atoms with Crippen LogP contribution in [0.3, 0.4) is 0 Å². The molecule has 0 radical (unpaired) electrons. The number of rotatable bonds is 5. The molecule has 5 heteroatoms. The lowest BCUT2D eigenvalue weighted by atomic mass is 9.98. The Morgan fingerprint density at radius 2 is 1.91 bits per heavy atom. The molecule has 0 unspecified atom stereocenters. The molecule has 0 bridgehead atoms. The molecule has 1 aliphatic rings. The number of pyridine rings is 1. The van der Waals surface area contributed by atoms with Crippen LogP contribution in [-0.2, 0) is 6.54 Å². The van der Waals surface area contributed by atoms with Gasteiger partial charge in [-0.15, -0.1) is 0 Å². The van der Waals surface area contributed by atoms with Crippen molar-refractivity contribution in [1.82, 2.24) is 19.9 Å². The molecule has 0 amide bonds. The summed E-state index contributed by atoms with van der Waals surface area (Å²) in [6, 6.07) is 6.10. The van der Waals surface area contributed by atoms with E-state index in [1.165, 1.54) is 0 Å². The lowest BCUT2D eigenvalue weighted by molar-refractivity contribution is 0.133. The summed E-state index contributed by atoms with van der Waals surface area (Å²) in [5.41, 5.74) is 2.00. The number of aromatic nitrogens is 3. The minimum atomic E-state index is 0.599. The average Bonchev–Trinajstić information content (AvgIpc) is 2.56. The molecule has 0 aliphatic carbocycles. The summed E-state index contributed by atoms with van der Waals surface area (Å²) >= 11 is 0. The normalized spacial score (nSPS) is 16.6. The topological polar surface area (TPSA) is 51.1 Å². The van der Waals surface area contributed by atoms with E-state index in [0.29, 0.717) is 11.8 Å². The molecule has 0 atom stereocenters. The zero-order valence-corrected chi connectivity index (χ0v) is 13.0. The van der Waals surface area contributed by atoms with Crippen LogP contribution in [0.25, 0.3) is 0 Å². The molecule has 1 saturated heterocycles. The molecule has 0 saturated carbocycles. The average molecular weight is 298 g/mol. The van der Waals surface area contributed by atoms with Crippen molar-refractivity contribution >= 4 is 0 Å². The van der Waals surface area contributed by atoms with Crippen molar-refractivity contribution in [3.8, 4) is 5.88 Å². The first-order valence-corrected chi connectivity index (χ1v) is 7.84. The maximum absolute atomic E-state index is 5.83. The van der Waals surface area contributed by atoms with Crippen molar-refractivity contribution < 1.29 is 4.74 Å². The van der Waals surface area contributed by atoms with Crippen molar-refractivity contribution in [3.05, 3.63) is 48.2 Å². The largest absolute Gasteiger partial charge is 0.476 e. The monoisotopic (exact) mass is 298 g/mol. The van der Waals surface area contributed by atoms with Gasteiger partial charge in [0, 0.05) is 25.1 Å². The number of likely N-dealkylation sites (tertiary alicyclic amines) is 1. The summed E-state index contributed by atoms with van der Waals surface area (Å²) in [6.45, 7) is 5.81. The van der Waals surface area contributed by atoms with Gasteiger partial charge in [0.25, 0.3) is 0 Å². The Labute approximate surface area is 131 Å². The maximum Gasteiger partial charge on any atom is 0.235 e. The third-order valence-corrected chi connectivity index (χ3v) is 4.11. The first-order valence-electron chi connectivity index (χ1n) is 7.84. The van der Waals surface area contributed by atoms with Gasteiger partial charge in [0.05, 0.1) is 18.0 Å². The Hall–Kier alpha value is -2.01. The van der Waals surface area contributed by atoms with Crippen LogP contribution in [0.15, 0.2) is 36.8 Å². The van der Waals surface area contributed by atoms with Gasteiger partial charge in [0.2, 0.25) is 5.88 Å².